The zero-order chi connectivity index (χ0) is 28.2. The van der Waals surface area contributed by atoms with Crippen LogP contribution in [-0.2, 0) is 0 Å². The number of rotatable bonds is 3. The monoisotopic (exact) mass is 576 g/mol. The van der Waals surface area contributed by atoms with Gasteiger partial charge >= 0.3 is 0 Å². The topological polar surface area (TPSA) is 57.8 Å². The van der Waals surface area contributed by atoms with Crippen LogP contribution in [0.1, 0.15) is 34.0 Å². The van der Waals surface area contributed by atoms with Gasteiger partial charge in [0.25, 0.3) is 0 Å². The predicted molar refractivity (Wildman–Crippen MR) is 169 cm³/mol. The summed E-state index contributed by atoms with van der Waals surface area (Å²) in [5.74, 6) is 2.11. The van der Waals surface area contributed by atoms with E-state index in [2.05, 4.69) is 48.3 Å². The summed E-state index contributed by atoms with van der Waals surface area (Å²) in [6.07, 6.45) is 0. The molecule has 7 rings (SSSR count). The molecule has 0 spiro atoms. The molecule has 0 radical (unpaired) electrons. The molecule has 0 saturated carbocycles. The Morgan fingerprint density at radius 1 is 0.756 bits per heavy atom. The molecule has 0 amide bonds. The van der Waals surface area contributed by atoms with Gasteiger partial charge in [-0.1, -0.05) is 65.7 Å². The molecule has 2 aliphatic heterocycles. The molecule has 2 aliphatic rings. The molecule has 0 aliphatic carbocycles. The molecule has 8 heteroatoms. The highest BCUT2D eigenvalue weighted by atomic mass is 35.5. The van der Waals surface area contributed by atoms with Crippen molar-refractivity contribution in [1.82, 2.24) is 9.78 Å². The van der Waals surface area contributed by atoms with Crippen LogP contribution in [0.2, 0.25) is 10.0 Å². The quantitative estimate of drug-likeness (QED) is 0.233. The van der Waals surface area contributed by atoms with E-state index in [4.69, 9.17) is 38.3 Å². The van der Waals surface area contributed by atoms with Crippen LogP contribution in [0.15, 0.2) is 101 Å². The fraction of sp³-hybridized carbons (Fsp3) is 0.121. The number of anilines is 2. The zero-order valence-corrected chi connectivity index (χ0v) is 24.2. The van der Waals surface area contributed by atoms with Crippen molar-refractivity contribution in [2.45, 2.75) is 26.8 Å². The van der Waals surface area contributed by atoms with E-state index in [0.717, 1.165) is 45.4 Å². The fourth-order valence-corrected chi connectivity index (χ4v) is 6.03. The van der Waals surface area contributed by atoms with Gasteiger partial charge in [-0.05, 0) is 86.0 Å². The summed E-state index contributed by atoms with van der Waals surface area (Å²) in [4.78, 5) is 12.6. The smallest absolute Gasteiger partial charge is 0.179 e. The van der Waals surface area contributed by atoms with Gasteiger partial charge in [0.05, 0.1) is 38.8 Å². The Morgan fingerprint density at radius 2 is 1.49 bits per heavy atom. The molecule has 6 nitrogen and oxygen atoms in total. The molecule has 41 heavy (non-hydrogen) atoms. The molecule has 0 unspecified atom stereocenters. The van der Waals surface area contributed by atoms with Crippen molar-refractivity contribution < 1.29 is 0 Å². The Morgan fingerprint density at radius 3 is 2.24 bits per heavy atom. The number of benzene rings is 4. The van der Waals surface area contributed by atoms with E-state index in [1.54, 1.807) is 0 Å². The molecule has 202 valence electrons. The summed E-state index contributed by atoms with van der Waals surface area (Å²) >= 11 is 13.0. The van der Waals surface area contributed by atoms with Crippen LogP contribution in [0.5, 0.6) is 0 Å². The minimum atomic E-state index is -0.280. The van der Waals surface area contributed by atoms with Gasteiger partial charge in [0, 0.05) is 11.3 Å². The molecule has 1 atom stereocenters. The van der Waals surface area contributed by atoms with E-state index in [1.807, 2.05) is 78.3 Å². The van der Waals surface area contributed by atoms with Crippen LogP contribution in [0.3, 0.4) is 0 Å². The van der Waals surface area contributed by atoms with Crippen LogP contribution in [0.25, 0.3) is 5.69 Å². The van der Waals surface area contributed by atoms with Crippen molar-refractivity contribution in [2.75, 3.05) is 10.2 Å². The van der Waals surface area contributed by atoms with Gasteiger partial charge in [0.15, 0.2) is 17.5 Å². The lowest BCUT2D eigenvalue weighted by atomic mass is 9.93. The number of nitrogens with one attached hydrogen (secondary N) is 1. The van der Waals surface area contributed by atoms with E-state index in [-0.39, 0.29) is 6.04 Å². The molecule has 0 fully saturated rings. The Kier molecular flexibility index (Phi) is 6.18. The summed E-state index contributed by atoms with van der Waals surface area (Å²) in [6.45, 7) is 6.21. The van der Waals surface area contributed by atoms with Gasteiger partial charge < -0.3 is 10.2 Å². The van der Waals surface area contributed by atoms with Crippen molar-refractivity contribution in [1.29, 1.82) is 0 Å². The van der Waals surface area contributed by atoms with E-state index >= 15 is 0 Å². The Hall–Kier alpha value is -4.39. The van der Waals surface area contributed by atoms with Gasteiger partial charge in [0.2, 0.25) is 0 Å². The second-order valence-electron chi connectivity index (χ2n) is 10.4. The Labute approximate surface area is 248 Å². The second kappa shape index (κ2) is 9.91. The number of aliphatic imine (C=N–C) groups is 2. The van der Waals surface area contributed by atoms with E-state index in [1.165, 1.54) is 11.1 Å². The number of fused-ring (bicyclic) bond motifs is 4. The van der Waals surface area contributed by atoms with Crippen molar-refractivity contribution >= 4 is 57.8 Å². The first-order chi connectivity index (χ1) is 19.9. The van der Waals surface area contributed by atoms with Crippen molar-refractivity contribution in [2.24, 2.45) is 9.98 Å². The summed E-state index contributed by atoms with van der Waals surface area (Å²) in [5.41, 5.74) is 8.87. The summed E-state index contributed by atoms with van der Waals surface area (Å²) in [7, 11) is 0. The molecule has 0 bridgehead atoms. The van der Waals surface area contributed by atoms with Crippen LogP contribution < -0.4 is 10.2 Å². The first-order valence-corrected chi connectivity index (χ1v) is 14.1. The molecule has 1 N–H and O–H groups in total. The SMILES string of the molecule is Cc1cc(C)cc(NC2=Nc3ccccc3N3C2=Nc2c(c(C)nn2-c2ccccc2)[C@H]3c2ccc(Cl)c(Cl)c2)c1. The summed E-state index contributed by atoms with van der Waals surface area (Å²) < 4.78 is 1.91. The highest BCUT2D eigenvalue weighted by Crippen LogP contribution is 2.48. The van der Waals surface area contributed by atoms with Gasteiger partial charge in [-0.15, -0.1) is 0 Å². The van der Waals surface area contributed by atoms with Crippen LogP contribution >= 0.6 is 23.2 Å². The molecule has 3 heterocycles. The minimum Gasteiger partial charge on any atom is -0.337 e. The maximum absolute atomic E-state index is 6.60. The third-order valence-electron chi connectivity index (χ3n) is 7.38. The largest absolute Gasteiger partial charge is 0.337 e. The van der Waals surface area contributed by atoms with Crippen molar-refractivity contribution in [3.63, 3.8) is 0 Å². The standard InChI is InChI=1S/C33H26Cl2N6/c1-19-15-20(2)17-23(16-19)36-31-33-38-32-29(21(3)39-41(32)24-9-5-4-6-10-24)30(22-13-14-25(34)26(35)18-22)40(33)28-12-8-7-11-27(28)37-31/h4-18,30H,1-3H3,(H,36,37)/t30-/m1/s1. The Balaban J connectivity index is 1.50. The molecular weight excluding hydrogens is 551 g/mol. The number of hydrogen-bond donors (Lipinski definition) is 1. The third-order valence-corrected chi connectivity index (χ3v) is 8.12. The fourth-order valence-electron chi connectivity index (χ4n) is 5.73. The lowest BCUT2D eigenvalue weighted by Gasteiger charge is -2.40. The summed E-state index contributed by atoms with van der Waals surface area (Å²) in [5, 5.41) is 9.59. The van der Waals surface area contributed by atoms with Crippen LogP contribution in [0.4, 0.5) is 22.9 Å². The predicted octanol–water partition coefficient (Wildman–Crippen LogP) is 8.90. The number of aryl methyl sites for hydroxylation is 3. The lowest BCUT2D eigenvalue weighted by molar-refractivity contribution is 0.815. The summed E-state index contributed by atoms with van der Waals surface area (Å²) in [6, 6.07) is 30.1. The van der Waals surface area contributed by atoms with Crippen molar-refractivity contribution in [3.8, 4) is 5.69 Å². The molecular formula is C33H26Cl2N6. The minimum absolute atomic E-state index is 0.280. The van der Waals surface area contributed by atoms with E-state index in [9.17, 15) is 0 Å². The maximum atomic E-state index is 6.60. The van der Waals surface area contributed by atoms with Gasteiger partial charge in [0.1, 0.15) is 0 Å². The van der Waals surface area contributed by atoms with E-state index in [0.29, 0.717) is 21.7 Å². The average Bonchev–Trinajstić information content (AvgIpc) is 3.29. The number of aromatic nitrogens is 2. The lowest BCUT2D eigenvalue weighted by Crippen LogP contribution is -2.46. The highest BCUT2D eigenvalue weighted by Gasteiger charge is 2.41. The van der Waals surface area contributed by atoms with Gasteiger partial charge in [-0.25, -0.2) is 14.7 Å². The number of amidine groups is 2. The Bertz CT molecular complexity index is 1870. The number of nitrogens with zero attached hydrogens (tertiary/aromatic N) is 5. The maximum Gasteiger partial charge on any atom is 0.179 e. The van der Waals surface area contributed by atoms with Gasteiger partial charge in [-0.3, -0.25) is 0 Å². The molecule has 4 aromatic carbocycles. The third kappa shape index (κ3) is 4.40. The molecule has 1 aromatic heterocycles. The zero-order valence-electron chi connectivity index (χ0n) is 22.7. The molecule has 5 aromatic rings. The molecule has 0 saturated heterocycles. The first kappa shape index (κ1) is 25.6. The van der Waals surface area contributed by atoms with E-state index < -0.39 is 0 Å². The normalized spacial score (nSPS) is 15.4. The van der Waals surface area contributed by atoms with Crippen LogP contribution in [0, 0.1) is 20.8 Å². The number of halogens is 2. The number of hydrogen-bond acceptors (Lipinski definition) is 5. The highest BCUT2D eigenvalue weighted by molar-refractivity contribution is 6.51. The number of para-hydroxylation sites is 3. The van der Waals surface area contributed by atoms with Crippen LogP contribution in [-0.4, -0.2) is 21.5 Å². The van der Waals surface area contributed by atoms with Crippen molar-refractivity contribution in [3.05, 3.63) is 129 Å². The second-order valence-corrected chi connectivity index (χ2v) is 11.2. The average molecular weight is 578 g/mol. The van der Waals surface area contributed by atoms with Gasteiger partial charge in [-0.2, -0.15) is 5.10 Å². The first-order valence-electron chi connectivity index (χ1n) is 13.4.